The first kappa shape index (κ1) is 17.2. The number of nitrogens with one attached hydrogen (secondary N) is 1. The average Bonchev–Trinajstić information content (AvgIpc) is 2.91. The van der Waals surface area contributed by atoms with E-state index < -0.39 is 0 Å². The van der Waals surface area contributed by atoms with Crippen LogP contribution in [0.4, 0.5) is 4.39 Å². The molecule has 22 heavy (non-hydrogen) atoms. The van der Waals surface area contributed by atoms with Crippen molar-refractivity contribution in [1.29, 1.82) is 0 Å². The summed E-state index contributed by atoms with van der Waals surface area (Å²) in [5.41, 5.74) is 0.336. The van der Waals surface area contributed by atoms with Crippen LogP contribution in [0.2, 0.25) is 5.02 Å². The molecule has 1 aliphatic rings. The Labute approximate surface area is 136 Å². The minimum Gasteiger partial charge on any atom is -0.352 e. The predicted octanol–water partition coefficient (Wildman–Crippen LogP) is 2.12. The Morgan fingerprint density at radius 3 is 2.95 bits per heavy atom. The van der Waals surface area contributed by atoms with E-state index in [-0.39, 0.29) is 18.3 Å². The van der Waals surface area contributed by atoms with Gasteiger partial charge in [0.1, 0.15) is 5.82 Å². The first-order valence-electron chi connectivity index (χ1n) is 7.55. The monoisotopic (exact) mass is 327 g/mol. The number of carbonyl (C=O) groups excluding carboxylic acids is 1. The normalized spacial score (nSPS) is 18.9. The lowest BCUT2D eigenvalue weighted by Crippen LogP contribution is -2.36. The highest BCUT2D eigenvalue weighted by molar-refractivity contribution is 6.31. The van der Waals surface area contributed by atoms with Crippen molar-refractivity contribution in [1.82, 2.24) is 15.1 Å². The maximum Gasteiger partial charge on any atom is 0.221 e. The van der Waals surface area contributed by atoms with Gasteiger partial charge in [0.25, 0.3) is 0 Å². The Kier molecular flexibility index (Phi) is 6.17. The number of nitrogens with zero attached hydrogens (tertiary/aromatic N) is 2. The van der Waals surface area contributed by atoms with Gasteiger partial charge in [-0.3, -0.25) is 4.79 Å². The molecule has 0 aromatic heterocycles. The molecular weight excluding hydrogens is 305 g/mol. The van der Waals surface area contributed by atoms with Gasteiger partial charge in [0, 0.05) is 42.7 Å². The van der Waals surface area contributed by atoms with Gasteiger partial charge in [-0.05, 0) is 39.2 Å². The van der Waals surface area contributed by atoms with E-state index in [2.05, 4.69) is 22.2 Å². The van der Waals surface area contributed by atoms with E-state index >= 15 is 0 Å². The number of carbonyl (C=O) groups is 1. The van der Waals surface area contributed by atoms with Crippen molar-refractivity contribution in [3.05, 3.63) is 34.6 Å². The van der Waals surface area contributed by atoms with Gasteiger partial charge in [0.2, 0.25) is 5.91 Å². The summed E-state index contributed by atoms with van der Waals surface area (Å²) in [6.45, 7) is 2.98. The lowest BCUT2D eigenvalue weighted by atomic mass is 10.2. The van der Waals surface area contributed by atoms with Gasteiger partial charge in [-0.2, -0.15) is 0 Å². The van der Waals surface area contributed by atoms with Crippen LogP contribution in [-0.4, -0.2) is 55.5 Å². The Hall–Kier alpha value is -1.17. The van der Waals surface area contributed by atoms with Crippen LogP contribution in [0.15, 0.2) is 18.2 Å². The van der Waals surface area contributed by atoms with Crippen molar-refractivity contribution < 1.29 is 9.18 Å². The maximum absolute atomic E-state index is 13.6. The standard InChI is InChI=1S/C16H23ClFN3O/c1-20-8-6-12(11-20)21(2)9-7-16(22)19-10-13-14(17)4-3-5-15(13)18/h3-5,12H,6-11H2,1-2H3,(H,19,22)/t12-/m1/s1. The van der Waals surface area contributed by atoms with Crippen LogP contribution in [0.1, 0.15) is 18.4 Å². The molecule has 0 unspecified atom stereocenters. The molecule has 0 aliphatic carbocycles. The number of likely N-dealkylation sites (N-methyl/N-ethyl adjacent to an activating group) is 2. The Balaban J connectivity index is 1.74. The van der Waals surface area contributed by atoms with Crippen molar-refractivity contribution >= 4 is 17.5 Å². The van der Waals surface area contributed by atoms with Gasteiger partial charge in [-0.25, -0.2) is 4.39 Å². The van der Waals surface area contributed by atoms with Gasteiger partial charge in [-0.1, -0.05) is 17.7 Å². The average molecular weight is 328 g/mol. The summed E-state index contributed by atoms with van der Waals surface area (Å²) in [4.78, 5) is 16.4. The molecule has 1 atom stereocenters. The molecule has 0 spiro atoms. The highest BCUT2D eigenvalue weighted by atomic mass is 35.5. The third-order valence-corrected chi connectivity index (χ3v) is 4.56. The number of hydrogen-bond donors (Lipinski definition) is 1. The van der Waals surface area contributed by atoms with Crippen molar-refractivity contribution in [2.45, 2.75) is 25.4 Å². The highest BCUT2D eigenvalue weighted by Crippen LogP contribution is 2.18. The molecule has 122 valence electrons. The highest BCUT2D eigenvalue weighted by Gasteiger charge is 2.23. The minimum atomic E-state index is -0.390. The first-order chi connectivity index (χ1) is 10.5. The zero-order valence-electron chi connectivity index (χ0n) is 13.1. The molecule has 1 saturated heterocycles. The number of halogens is 2. The third-order valence-electron chi connectivity index (χ3n) is 4.21. The number of benzene rings is 1. The predicted molar refractivity (Wildman–Crippen MR) is 86.4 cm³/mol. The number of hydrogen-bond acceptors (Lipinski definition) is 3. The molecule has 0 saturated carbocycles. The summed E-state index contributed by atoms with van der Waals surface area (Å²) in [5, 5.41) is 3.07. The van der Waals surface area contributed by atoms with Crippen molar-refractivity contribution in [2.75, 3.05) is 33.7 Å². The van der Waals surface area contributed by atoms with E-state index in [1.54, 1.807) is 12.1 Å². The second-order valence-electron chi connectivity index (χ2n) is 5.91. The second-order valence-corrected chi connectivity index (χ2v) is 6.32. The van der Waals surface area contributed by atoms with Gasteiger partial charge in [0.15, 0.2) is 0 Å². The van der Waals surface area contributed by atoms with Crippen LogP contribution in [0, 0.1) is 5.82 Å². The summed E-state index contributed by atoms with van der Waals surface area (Å²) in [6.07, 6.45) is 1.54. The molecule has 6 heteroatoms. The Morgan fingerprint density at radius 1 is 1.55 bits per heavy atom. The van der Waals surface area contributed by atoms with Crippen LogP contribution >= 0.6 is 11.6 Å². The molecule has 1 aromatic rings. The summed E-state index contributed by atoms with van der Waals surface area (Å²) in [6, 6.07) is 5.03. The quantitative estimate of drug-likeness (QED) is 0.869. The summed E-state index contributed by atoms with van der Waals surface area (Å²) >= 11 is 5.94. The maximum atomic E-state index is 13.6. The van der Waals surface area contributed by atoms with Crippen LogP contribution in [0.25, 0.3) is 0 Å². The van der Waals surface area contributed by atoms with Crippen molar-refractivity contribution in [3.8, 4) is 0 Å². The fourth-order valence-corrected chi connectivity index (χ4v) is 2.94. The molecule has 1 fully saturated rings. The number of rotatable bonds is 6. The largest absolute Gasteiger partial charge is 0.352 e. The minimum absolute atomic E-state index is 0.0856. The van der Waals surface area contributed by atoms with Crippen LogP contribution in [0.3, 0.4) is 0 Å². The lowest BCUT2D eigenvalue weighted by molar-refractivity contribution is -0.121. The molecule has 0 bridgehead atoms. The molecule has 1 amide bonds. The van der Waals surface area contributed by atoms with E-state index in [9.17, 15) is 9.18 Å². The Morgan fingerprint density at radius 2 is 2.32 bits per heavy atom. The molecule has 4 nitrogen and oxygen atoms in total. The molecular formula is C16H23ClFN3O. The van der Waals surface area contributed by atoms with Crippen molar-refractivity contribution in [2.24, 2.45) is 0 Å². The molecule has 2 rings (SSSR count). The molecule has 0 radical (unpaired) electrons. The summed E-state index contributed by atoms with van der Waals surface area (Å²) in [7, 11) is 4.16. The van der Waals surface area contributed by atoms with Gasteiger partial charge in [0.05, 0.1) is 0 Å². The van der Waals surface area contributed by atoms with E-state index in [1.165, 1.54) is 6.07 Å². The third kappa shape index (κ3) is 4.66. The Bertz CT molecular complexity index is 506. The number of amides is 1. The van der Waals surface area contributed by atoms with E-state index in [4.69, 9.17) is 11.6 Å². The summed E-state index contributed by atoms with van der Waals surface area (Å²) < 4.78 is 13.6. The van der Waals surface area contributed by atoms with Crippen LogP contribution in [0.5, 0.6) is 0 Å². The summed E-state index contributed by atoms with van der Waals surface area (Å²) in [5.74, 6) is -0.476. The van der Waals surface area contributed by atoms with Crippen LogP contribution in [-0.2, 0) is 11.3 Å². The van der Waals surface area contributed by atoms with Crippen LogP contribution < -0.4 is 5.32 Å². The zero-order chi connectivity index (χ0) is 16.1. The SMILES string of the molecule is CN1CC[C@@H](N(C)CCC(=O)NCc2c(F)cccc2Cl)C1. The molecule has 1 heterocycles. The first-order valence-corrected chi connectivity index (χ1v) is 7.93. The number of likely N-dealkylation sites (tertiary alicyclic amines) is 1. The second kappa shape index (κ2) is 7.90. The molecule has 1 aliphatic heterocycles. The lowest BCUT2D eigenvalue weighted by Gasteiger charge is -2.23. The topological polar surface area (TPSA) is 35.6 Å². The zero-order valence-corrected chi connectivity index (χ0v) is 13.9. The van der Waals surface area contributed by atoms with E-state index in [0.29, 0.717) is 29.6 Å². The van der Waals surface area contributed by atoms with Gasteiger partial charge >= 0.3 is 0 Å². The smallest absolute Gasteiger partial charge is 0.221 e. The molecule has 1 N–H and O–H groups in total. The van der Waals surface area contributed by atoms with E-state index in [0.717, 1.165) is 19.5 Å². The van der Waals surface area contributed by atoms with E-state index in [1.807, 2.05) is 7.05 Å². The van der Waals surface area contributed by atoms with Gasteiger partial charge in [-0.15, -0.1) is 0 Å². The van der Waals surface area contributed by atoms with Crippen molar-refractivity contribution in [3.63, 3.8) is 0 Å². The van der Waals surface area contributed by atoms with Gasteiger partial charge < -0.3 is 15.1 Å². The molecule has 1 aromatic carbocycles. The fourth-order valence-electron chi connectivity index (χ4n) is 2.71. The fraction of sp³-hybridized carbons (Fsp3) is 0.562.